The number of likely N-dealkylation sites (N-methyl/N-ethyl adjacent to an activating group) is 1. The molecule has 2 nitrogen and oxygen atoms in total. The van der Waals surface area contributed by atoms with Gasteiger partial charge in [-0.1, -0.05) is 19.6 Å². The summed E-state index contributed by atoms with van der Waals surface area (Å²) in [5.41, 5.74) is 7.97. The lowest BCUT2D eigenvalue weighted by Crippen LogP contribution is -2.50. The molecule has 2 atom stereocenters. The summed E-state index contributed by atoms with van der Waals surface area (Å²) >= 11 is 0. The molecule has 2 N–H and O–H groups in total. The summed E-state index contributed by atoms with van der Waals surface area (Å²) < 4.78 is 0. The van der Waals surface area contributed by atoms with Crippen LogP contribution in [0.15, 0.2) is 36.7 Å². The second-order valence-corrected chi connectivity index (χ2v) is 5.13. The maximum absolute atomic E-state index is 5.61. The molecule has 1 aliphatic rings. The van der Waals surface area contributed by atoms with E-state index >= 15 is 0 Å². The topological polar surface area (TPSA) is 29.3 Å². The van der Waals surface area contributed by atoms with Crippen LogP contribution in [0.4, 0.5) is 0 Å². The summed E-state index contributed by atoms with van der Waals surface area (Å²) in [4.78, 5) is 2.36. The van der Waals surface area contributed by atoms with Crippen molar-refractivity contribution in [2.45, 2.75) is 38.6 Å². The minimum atomic E-state index is 0.165. The van der Waals surface area contributed by atoms with Crippen molar-refractivity contribution in [3.63, 3.8) is 0 Å². The van der Waals surface area contributed by atoms with Gasteiger partial charge in [-0.3, -0.25) is 0 Å². The number of allylic oxidation sites excluding steroid dienone is 3. The Morgan fingerprint density at radius 3 is 2.75 bits per heavy atom. The average molecular weight is 220 g/mol. The Morgan fingerprint density at radius 1 is 1.69 bits per heavy atom. The summed E-state index contributed by atoms with van der Waals surface area (Å²) in [5, 5.41) is 0. The van der Waals surface area contributed by atoms with Gasteiger partial charge in [0.1, 0.15) is 0 Å². The number of rotatable bonds is 6. The standard InChI is InChI=1S/C14H24N2/c1-6-11(2)9-13-10-14(4,16(13)5)8-7-12(3)15/h6,10-11H,1,3,7-9,15H2,2,4-5H3. The largest absolute Gasteiger partial charge is 0.403 e. The highest BCUT2D eigenvalue weighted by atomic mass is 15.2. The lowest BCUT2D eigenvalue weighted by Gasteiger charge is -2.49. The smallest absolute Gasteiger partial charge is 0.0573 e. The summed E-state index contributed by atoms with van der Waals surface area (Å²) in [6.07, 6.45) is 7.38. The normalized spacial score (nSPS) is 25.7. The lowest BCUT2D eigenvalue weighted by atomic mass is 9.83. The van der Waals surface area contributed by atoms with E-state index in [1.54, 1.807) is 0 Å². The molecule has 0 aliphatic carbocycles. The van der Waals surface area contributed by atoms with E-state index in [0.717, 1.165) is 25.0 Å². The molecule has 0 fully saturated rings. The predicted octanol–water partition coefficient (Wildman–Crippen LogP) is 3.04. The quantitative estimate of drug-likeness (QED) is 0.697. The summed E-state index contributed by atoms with van der Waals surface area (Å²) in [7, 11) is 2.16. The van der Waals surface area contributed by atoms with Crippen LogP contribution in [0.3, 0.4) is 0 Å². The Bertz CT molecular complexity index is 317. The molecule has 90 valence electrons. The molecule has 0 aromatic heterocycles. The first-order valence-electron chi connectivity index (χ1n) is 5.90. The van der Waals surface area contributed by atoms with Gasteiger partial charge in [-0.15, -0.1) is 6.58 Å². The van der Waals surface area contributed by atoms with Gasteiger partial charge in [0.15, 0.2) is 0 Å². The highest BCUT2D eigenvalue weighted by Gasteiger charge is 2.36. The minimum Gasteiger partial charge on any atom is -0.403 e. The highest BCUT2D eigenvalue weighted by molar-refractivity contribution is 5.26. The van der Waals surface area contributed by atoms with Crippen molar-refractivity contribution >= 4 is 0 Å². The van der Waals surface area contributed by atoms with E-state index in [1.165, 1.54) is 5.70 Å². The fraction of sp³-hybridized carbons (Fsp3) is 0.571. The molecular formula is C14H24N2. The molecule has 0 saturated heterocycles. The van der Waals surface area contributed by atoms with E-state index < -0.39 is 0 Å². The van der Waals surface area contributed by atoms with Gasteiger partial charge in [0, 0.05) is 18.4 Å². The zero-order valence-corrected chi connectivity index (χ0v) is 10.8. The second kappa shape index (κ2) is 4.77. The van der Waals surface area contributed by atoms with Crippen molar-refractivity contribution in [1.82, 2.24) is 4.90 Å². The first kappa shape index (κ1) is 12.9. The molecule has 1 aliphatic heterocycles. The molecule has 16 heavy (non-hydrogen) atoms. The molecule has 0 aromatic carbocycles. The molecule has 0 amide bonds. The van der Waals surface area contributed by atoms with E-state index in [4.69, 9.17) is 5.73 Å². The Labute approximate surface area is 99.5 Å². The maximum atomic E-state index is 5.61. The van der Waals surface area contributed by atoms with E-state index in [9.17, 15) is 0 Å². The summed E-state index contributed by atoms with van der Waals surface area (Å²) in [6.45, 7) is 12.0. The third kappa shape index (κ3) is 2.69. The molecule has 0 radical (unpaired) electrons. The lowest BCUT2D eigenvalue weighted by molar-refractivity contribution is 0.162. The highest BCUT2D eigenvalue weighted by Crippen LogP contribution is 2.38. The van der Waals surface area contributed by atoms with Crippen molar-refractivity contribution in [2.24, 2.45) is 11.7 Å². The van der Waals surface area contributed by atoms with Gasteiger partial charge in [0.05, 0.1) is 5.54 Å². The zero-order chi connectivity index (χ0) is 12.3. The van der Waals surface area contributed by atoms with Gasteiger partial charge in [-0.2, -0.15) is 0 Å². The number of nitrogens with zero attached hydrogens (tertiary/aromatic N) is 1. The SMILES string of the molecule is C=CC(C)CC1=CC(C)(CCC(=C)N)N1C. The first-order valence-corrected chi connectivity index (χ1v) is 5.90. The molecular weight excluding hydrogens is 196 g/mol. The third-order valence-corrected chi connectivity index (χ3v) is 3.56. The van der Waals surface area contributed by atoms with Gasteiger partial charge >= 0.3 is 0 Å². The van der Waals surface area contributed by atoms with E-state index in [2.05, 4.69) is 45.0 Å². The number of nitrogens with two attached hydrogens (primary N) is 1. The van der Waals surface area contributed by atoms with Crippen LogP contribution in [0.25, 0.3) is 0 Å². The van der Waals surface area contributed by atoms with Crippen LogP contribution in [0.2, 0.25) is 0 Å². The Morgan fingerprint density at radius 2 is 2.31 bits per heavy atom. The van der Waals surface area contributed by atoms with Crippen molar-refractivity contribution in [2.75, 3.05) is 7.05 Å². The molecule has 1 rings (SSSR count). The Balaban J connectivity index is 2.54. The van der Waals surface area contributed by atoms with Crippen molar-refractivity contribution in [3.8, 4) is 0 Å². The summed E-state index contributed by atoms with van der Waals surface area (Å²) in [5.74, 6) is 0.544. The van der Waals surface area contributed by atoms with Crippen LogP contribution in [0.5, 0.6) is 0 Å². The molecule has 0 bridgehead atoms. The van der Waals surface area contributed by atoms with E-state index in [0.29, 0.717) is 5.92 Å². The van der Waals surface area contributed by atoms with Crippen LogP contribution in [-0.4, -0.2) is 17.5 Å². The second-order valence-electron chi connectivity index (χ2n) is 5.13. The Kier molecular flexibility index (Phi) is 3.84. The van der Waals surface area contributed by atoms with Gasteiger partial charge < -0.3 is 10.6 Å². The van der Waals surface area contributed by atoms with Gasteiger partial charge in [-0.25, -0.2) is 0 Å². The monoisotopic (exact) mass is 220 g/mol. The molecule has 0 spiro atoms. The molecule has 0 saturated carbocycles. The molecule has 1 heterocycles. The fourth-order valence-electron chi connectivity index (χ4n) is 2.08. The molecule has 2 unspecified atom stereocenters. The van der Waals surface area contributed by atoms with Crippen molar-refractivity contribution < 1.29 is 0 Å². The molecule has 2 heteroatoms. The molecule has 0 aromatic rings. The zero-order valence-electron chi connectivity index (χ0n) is 10.8. The van der Waals surface area contributed by atoms with Gasteiger partial charge in [0.2, 0.25) is 0 Å². The Hall–Kier alpha value is -1.18. The van der Waals surface area contributed by atoms with Crippen molar-refractivity contribution in [1.29, 1.82) is 0 Å². The van der Waals surface area contributed by atoms with Gasteiger partial charge in [0.25, 0.3) is 0 Å². The third-order valence-electron chi connectivity index (χ3n) is 3.56. The van der Waals surface area contributed by atoms with Crippen LogP contribution < -0.4 is 5.73 Å². The fourth-order valence-corrected chi connectivity index (χ4v) is 2.08. The number of hydrogen-bond acceptors (Lipinski definition) is 2. The van der Waals surface area contributed by atoms with Crippen LogP contribution in [0, 0.1) is 5.92 Å². The predicted molar refractivity (Wildman–Crippen MR) is 70.8 cm³/mol. The number of hydrogen-bond donors (Lipinski definition) is 1. The average Bonchev–Trinajstić information content (AvgIpc) is 2.25. The van der Waals surface area contributed by atoms with Crippen molar-refractivity contribution in [3.05, 3.63) is 36.7 Å². The van der Waals surface area contributed by atoms with Gasteiger partial charge in [-0.05, 0) is 38.2 Å². The van der Waals surface area contributed by atoms with Crippen LogP contribution in [-0.2, 0) is 0 Å². The van der Waals surface area contributed by atoms with E-state index in [1.807, 2.05) is 6.08 Å². The maximum Gasteiger partial charge on any atom is 0.0573 e. The first-order chi connectivity index (χ1) is 7.39. The van der Waals surface area contributed by atoms with Crippen LogP contribution >= 0.6 is 0 Å². The van der Waals surface area contributed by atoms with E-state index in [-0.39, 0.29) is 5.54 Å². The minimum absolute atomic E-state index is 0.165. The summed E-state index contributed by atoms with van der Waals surface area (Å²) in [6, 6.07) is 0. The van der Waals surface area contributed by atoms with Crippen LogP contribution in [0.1, 0.15) is 33.1 Å².